The van der Waals surface area contributed by atoms with Crippen LogP contribution in [0.2, 0.25) is 0 Å². The van der Waals surface area contributed by atoms with Gasteiger partial charge in [0.1, 0.15) is 11.4 Å². The molecular weight excluding hydrogens is 568 g/mol. The van der Waals surface area contributed by atoms with E-state index in [0.29, 0.717) is 46.0 Å². The molecule has 0 amide bonds. The van der Waals surface area contributed by atoms with Gasteiger partial charge in [0.15, 0.2) is 17.8 Å². The molecule has 0 saturated heterocycles. The number of hydrogen-bond donors (Lipinski definition) is 1. The highest BCUT2D eigenvalue weighted by molar-refractivity contribution is 7.81. The SMILES string of the molecule is CCCCn1c2cc(-c3cncc(OS(=O)(=O)F)c3)c(OCC(F)(F)F)cc2c(=O)c2c3ccc(C#N)cc3[nH]c21. The number of alkyl halides is 3. The molecule has 0 aliphatic carbocycles. The average Bonchev–Trinajstić information content (AvgIpc) is 3.29. The van der Waals surface area contributed by atoms with Crippen LogP contribution in [0.4, 0.5) is 17.1 Å². The maximum absolute atomic E-state index is 13.8. The van der Waals surface area contributed by atoms with Gasteiger partial charge in [-0.05, 0) is 36.8 Å². The van der Waals surface area contributed by atoms with Crippen LogP contribution in [-0.4, -0.2) is 35.7 Å². The Morgan fingerprint density at radius 2 is 1.90 bits per heavy atom. The van der Waals surface area contributed by atoms with Crippen LogP contribution in [0.1, 0.15) is 25.3 Å². The van der Waals surface area contributed by atoms with Crippen molar-refractivity contribution in [2.75, 3.05) is 6.61 Å². The van der Waals surface area contributed by atoms with E-state index in [0.717, 1.165) is 18.7 Å². The third-order valence-corrected chi connectivity index (χ3v) is 6.78. The van der Waals surface area contributed by atoms with E-state index in [1.807, 2.05) is 17.6 Å². The van der Waals surface area contributed by atoms with Crippen molar-refractivity contribution in [3.8, 4) is 28.7 Å². The van der Waals surface area contributed by atoms with E-state index in [4.69, 9.17) is 4.74 Å². The summed E-state index contributed by atoms with van der Waals surface area (Å²) in [6.07, 6.45) is -1.11. The second kappa shape index (κ2) is 10.4. The van der Waals surface area contributed by atoms with Crippen LogP contribution in [0.5, 0.6) is 11.5 Å². The lowest BCUT2D eigenvalue weighted by molar-refractivity contribution is -0.153. The molecule has 3 heterocycles. The van der Waals surface area contributed by atoms with E-state index < -0.39 is 34.5 Å². The second-order valence-electron chi connectivity index (χ2n) is 9.21. The normalized spacial score (nSPS) is 12.2. The molecule has 0 bridgehead atoms. The summed E-state index contributed by atoms with van der Waals surface area (Å²) in [6.45, 7) is 0.715. The van der Waals surface area contributed by atoms with Crippen molar-refractivity contribution in [1.82, 2.24) is 14.5 Å². The number of fused-ring (bicyclic) bond motifs is 4. The largest absolute Gasteiger partial charge is 0.488 e. The number of halogens is 4. The molecule has 9 nitrogen and oxygen atoms in total. The Morgan fingerprint density at radius 3 is 2.59 bits per heavy atom. The van der Waals surface area contributed by atoms with E-state index in [1.165, 1.54) is 18.3 Å². The number of benzene rings is 2. The van der Waals surface area contributed by atoms with Crippen molar-refractivity contribution in [1.29, 1.82) is 5.26 Å². The highest BCUT2D eigenvalue weighted by atomic mass is 32.3. The minimum Gasteiger partial charge on any atom is -0.483 e. The summed E-state index contributed by atoms with van der Waals surface area (Å²) in [5.74, 6) is -0.850. The Bertz CT molecular complexity index is 2030. The molecule has 0 spiro atoms. The molecule has 5 rings (SSSR count). The highest BCUT2D eigenvalue weighted by Crippen LogP contribution is 2.37. The van der Waals surface area contributed by atoms with Gasteiger partial charge in [0.05, 0.1) is 34.1 Å². The molecule has 14 heteroatoms. The third-order valence-electron chi connectivity index (χ3n) is 6.38. The zero-order valence-corrected chi connectivity index (χ0v) is 22.1. The fourth-order valence-corrected chi connectivity index (χ4v) is 5.01. The van der Waals surface area contributed by atoms with E-state index in [1.54, 1.807) is 18.2 Å². The summed E-state index contributed by atoms with van der Waals surface area (Å²) >= 11 is 0. The molecule has 41 heavy (non-hydrogen) atoms. The Morgan fingerprint density at radius 1 is 1.12 bits per heavy atom. The maximum Gasteiger partial charge on any atom is 0.488 e. The van der Waals surface area contributed by atoms with Crippen molar-refractivity contribution in [2.24, 2.45) is 0 Å². The van der Waals surface area contributed by atoms with Crippen LogP contribution in [0.3, 0.4) is 0 Å². The fourth-order valence-electron chi connectivity index (χ4n) is 4.69. The van der Waals surface area contributed by atoms with Gasteiger partial charge in [0.2, 0.25) is 0 Å². The van der Waals surface area contributed by atoms with E-state index in [2.05, 4.69) is 14.2 Å². The number of aryl methyl sites for hydroxylation is 1. The molecule has 0 unspecified atom stereocenters. The topological polar surface area (TPSA) is 127 Å². The van der Waals surface area contributed by atoms with Crippen molar-refractivity contribution < 1.29 is 34.4 Å². The molecule has 3 aromatic heterocycles. The molecule has 0 aliphatic rings. The number of aromatic amines is 1. The first-order chi connectivity index (χ1) is 19.4. The minimum atomic E-state index is -5.41. The fraction of sp³-hybridized carbons (Fsp3) is 0.222. The van der Waals surface area contributed by atoms with Gasteiger partial charge >= 0.3 is 16.7 Å². The summed E-state index contributed by atoms with van der Waals surface area (Å²) in [4.78, 5) is 20.9. The quantitative estimate of drug-likeness (QED) is 0.177. The number of pyridine rings is 2. The van der Waals surface area contributed by atoms with Crippen LogP contribution in [0.15, 0.2) is 53.6 Å². The van der Waals surface area contributed by atoms with Gasteiger partial charge in [-0.1, -0.05) is 23.3 Å². The summed E-state index contributed by atoms with van der Waals surface area (Å²) in [7, 11) is -5.41. The van der Waals surface area contributed by atoms with Crippen LogP contribution >= 0.6 is 0 Å². The first-order valence-electron chi connectivity index (χ1n) is 12.2. The molecule has 2 aromatic carbocycles. The Hall–Kier alpha value is -4.64. The first-order valence-corrected chi connectivity index (χ1v) is 13.5. The first kappa shape index (κ1) is 27.9. The predicted molar refractivity (Wildman–Crippen MR) is 143 cm³/mol. The Kier molecular flexibility index (Phi) is 7.08. The van der Waals surface area contributed by atoms with E-state index >= 15 is 0 Å². The average molecular weight is 589 g/mol. The molecule has 1 N–H and O–H groups in total. The number of unbranched alkanes of at least 4 members (excludes halogenated alkanes) is 1. The smallest absolute Gasteiger partial charge is 0.483 e. The number of rotatable bonds is 8. The summed E-state index contributed by atoms with van der Waals surface area (Å²) in [6, 6.07) is 10.6. The van der Waals surface area contributed by atoms with Gasteiger partial charge in [0.25, 0.3) is 0 Å². The highest BCUT2D eigenvalue weighted by Gasteiger charge is 2.29. The van der Waals surface area contributed by atoms with Gasteiger partial charge in [-0.25, -0.2) is 0 Å². The van der Waals surface area contributed by atoms with Gasteiger partial charge in [-0.2, -0.15) is 26.9 Å². The molecule has 0 saturated carbocycles. The van der Waals surface area contributed by atoms with Crippen LogP contribution in [0, 0.1) is 11.3 Å². The molecule has 0 aliphatic heterocycles. The number of H-pyrrole nitrogens is 1. The number of ether oxygens (including phenoxy) is 1. The number of hydrogen-bond acceptors (Lipinski definition) is 7. The third kappa shape index (κ3) is 5.66. The van der Waals surface area contributed by atoms with Gasteiger partial charge < -0.3 is 18.5 Å². The van der Waals surface area contributed by atoms with Crippen LogP contribution in [-0.2, 0) is 17.0 Å². The van der Waals surface area contributed by atoms with Crippen LogP contribution in [0.25, 0.3) is 44.0 Å². The lowest BCUT2D eigenvalue weighted by Gasteiger charge is -2.18. The van der Waals surface area contributed by atoms with Crippen molar-refractivity contribution in [2.45, 2.75) is 32.5 Å². The number of nitrogens with one attached hydrogen (secondary N) is 1. The number of nitrogens with zero attached hydrogens (tertiary/aromatic N) is 3. The summed E-state index contributed by atoms with van der Waals surface area (Å²) < 4.78 is 85.8. The molecule has 0 radical (unpaired) electrons. The van der Waals surface area contributed by atoms with Crippen molar-refractivity contribution in [3.05, 3.63) is 64.6 Å². The second-order valence-corrected chi connectivity index (χ2v) is 10.2. The summed E-state index contributed by atoms with van der Waals surface area (Å²) in [5, 5.41) is 10.2. The minimum absolute atomic E-state index is 0.0304. The van der Waals surface area contributed by atoms with Crippen LogP contribution < -0.4 is 14.3 Å². The molecule has 0 atom stereocenters. The number of nitriles is 1. The van der Waals surface area contributed by atoms with Crippen molar-refractivity contribution in [3.63, 3.8) is 0 Å². The predicted octanol–water partition coefficient (Wildman–Crippen LogP) is 5.90. The standard InChI is InChI=1S/C27H20F4N4O5S/c1-2-3-6-35-22-9-19(16-8-17(13-33-12-16)40-41(31,37)38)23(39-14-27(28,29)30)10-20(22)25(36)24-18-5-4-15(11-32)7-21(18)34-26(24)35/h4-5,7-10,12-13,34H,2-3,6,14H2,1H3. The molecule has 0 fully saturated rings. The van der Waals surface area contributed by atoms with Gasteiger partial charge in [-0.15, -0.1) is 0 Å². The van der Waals surface area contributed by atoms with E-state index in [-0.39, 0.29) is 22.3 Å². The number of aromatic nitrogens is 3. The zero-order valence-electron chi connectivity index (χ0n) is 21.3. The van der Waals surface area contributed by atoms with Gasteiger partial charge in [-0.3, -0.25) is 9.78 Å². The molecule has 5 aromatic rings. The van der Waals surface area contributed by atoms with Gasteiger partial charge in [0, 0.05) is 34.8 Å². The van der Waals surface area contributed by atoms with Crippen molar-refractivity contribution >= 4 is 43.3 Å². The summed E-state index contributed by atoms with van der Waals surface area (Å²) in [5.41, 5.74) is 1.32. The lowest BCUT2D eigenvalue weighted by atomic mass is 10.0. The lowest BCUT2D eigenvalue weighted by Crippen LogP contribution is -2.20. The van der Waals surface area contributed by atoms with E-state index in [9.17, 15) is 35.5 Å². The maximum atomic E-state index is 13.8. The zero-order chi connectivity index (χ0) is 29.5. The Balaban J connectivity index is 1.85. The monoisotopic (exact) mass is 588 g/mol. The molecule has 212 valence electrons. The molecular formula is C27H20F4N4O5S. The Labute approximate surface area is 230 Å².